The lowest BCUT2D eigenvalue weighted by molar-refractivity contribution is 0.0540. The van der Waals surface area contributed by atoms with E-state index in [0.717, 1.165) is 30.4 Å². The zero-order chi connectivity index (χ0) is 13.1. The Hall–Kier alpha value is -1.02. The van der Waals surface area contributed by atoms with Crippen LogP contribution in [0.25, 0.3) is 0 Å². The molecule has 0 bridgehead atoms. The van der Waals surface area contributed by atoms with Crippen molar-refractivity contribution in [2.45, 2.75) is 53.1 Å². The molecule has 1 rings (SSSR count). The Morgan fingerprint density at radius 2 is 1.88 bits per heavy atom. The van der Waals surface area contributed by atoms with E-state index in [1.165, 1.54) is 0 Å². The maximum absolute atomic E-state index is 9.91. The number of hydrogen-bond donors (Lipinski definition) is 2. The molecule has 0 aliphatic rings. The van der Waals surface area contributed by atoms with Crippen LogP contribution in [0.4, 0.5) is 0 Å². The van der Waals surface area contributed by atoms with E-state index >= 15 is 0 Å². The van der Waals surface area contributed by atoms with Gasteiger partial charge in [0.1, 0.15) is 5.75 Å². The Kier molecular flexibility index (Phi) is 4.58. The molecule has 0 saturated heterocycles. The number of phenols is 1. The van der Waals surface area contributed by atoms with Gasteiger partial charge in [-0.05, 0) is 48.8 Å². The molecule has 0 saturated carbocycles. The van der Waals surface area contributed by atoms with Crippen LogP contribution in [-0.4, -0.2) is 16.3 Å². The van der Waals surface area contributed by atoms with E-state index in [9.17, 15) is 10.2 Å². The molecule has 0 amide bonds. The Labute approximate surface area is 104 Å². The second kappa shape index (κ2) is 5.54. The molecule has 1 aromatic rings. The molecule has 2 heteroatoms. The zero-order valence-corrected chi connectivity index (χ0v) is 11.3. The minimum Gasteiger partial charge on any atom is -0.508 e. The third-order valence-electron chi connectivity index (χ3n) is 3.16. The van der Waals surface area contributed by atoms with Gasteiger partial charge < -0.3 is 10.2 Å². The van der Waals surface area contributed by atoms with Gasteiger partial charge in [0.05, 0.1) is 6.10 Å². The van der Waals surface area contributed by atoms with Crippen LogP contribution in [-0.2, 0) is 6.42 Å². The van der Waals surface area contributed by atoms with E-state index in [1.54, 1.807) is 6.07 Å². The number of rotatable bonds is 4. The largest absolute Gasteiger partial charge is 0.508 e. The summed E-state index contributed by atoms with van der Waals surface area (Å²) in [6.07, 6.45) is 2.21. The van der Waals surface area contributed by atoms with Crippen LogP contribution < -0.4 is 0 Å². The van der Waals surface area contributed by atoms with Gasteiger partial charge in [-0.25, -0.2) is 0 Å². The Morgan fingerprint density at radius 1 is 1.24 bits per heavy atom. The third kappa shape index (κ3) is 4.39. The first-order valence-corrected chi connectivity index (χ1v) is 6.27. The molecular formula is C15H24O2. The summed E-state index contributed by atoms with van der Waals surface area (Å²) in [6.45, 7) is 8.09. The molecule has 1 aromatic carbocycles. The molecule has 1 atom stereocenters. The van der Waals surface area contributed by atoms with Crippen molar-refractivity contribution in [1.29, 1.82) is 0 Å². The molecule has 2 nitrogen and oxygen atoms in total. The fraction of sp³-hybridized carbons (Fsp3) is 0.600. The molecule has 0 aliphatic carbocycles. The Morgan fingerprint density at radius 3 is 2.41 bits per heavy atom. The molecule has 0 fully saturated rings. The van der Waals surface area contributed by atoms with Crippen LogP contribution >= 0.6 is 0 Å². The molecule has 2 N–H and O–H groups in total. The SMILES string of the molecule is Cc1ccc(CCCC(O)C(C)(C)C)c(O)c1. The van der Waals surface area contributed by atoms with Crippen molar-refractivity contribution >= 4 is 0 Å². The summed E-state index contributed by atoms with van der Waals surface area (Å²) in [7, 11) is 0. The second-order valence-electron chi connectivity index (χ2n) is 5.91. The van der Waals surface area contributed by atoms with Gasteiger partial charge in [-0.1, -0.05) is 32.9 Å². The monoisotopic (exact) mass is 236 g/mol. The van der Waals surface area contributed by atoms with Crippen LogP contribution in [0.1, 0.15) is 44.7 Å². The first-order valence-electron chi connectivity index (χ1n) is 6.27. The van der Waals surface area contributed by atoms with Crippen LogP contribution in [0, 0.1) is 12.3 Å². The first kappa shape index (κ1) is 14.0. The predicted molar refractivity (Wildman–Crippen MR) is 71.2 cm³/mol. The highest BCUT2D eigenvalue weighted by Crippen LogP contribution is 2.25. The van der Waals surface area contributed by atoms with Crippen molar-refractivity contribution in [3.05, 3.63) is 29.3 Å². The highest BCUT2D eigenvalue weighted by molar-refractivity contribution is 5.35. The molecule has 0 spiro atoms. The smallest absolute Gasteiger partial charge is 0.119 e. The summed E-state index contributed by atoms with van der Waals surface area (Å²) >= 11 is 0. The number of benzene rings is 1. The number of aliphatic hydroxyl groups excluding tert-OH is 1. The summed E-state index contributed by atoms with van der Waals surface area (Å²) in [4.78, 5) is 0. The number of hydrogen-bond acceptors (Lipinski definition) is 2. The van der Waals surface area contributed by atoms with E-state index in [-0.39, 0.29) is 11.5 Å². The number of aryl methyl sites for hydroxylation is 2. The molecule has 0 radical (unpaired) electrons. The van der Waals surface area contributed by atoms with Crippen molar-refractivity contribution < 1.29 is 10.2 Å². The standard InChI is InChI=1S/C15H24O2/c1-11-8-9-12(13(16)10-11)6-5-7-14(17)15(2,3)4/h8-10,14,16-17H,5-7H2,1-4H3. The lowest BCUT2D eigenvalue weighted by Crippen LogP contribution is -2.25. The van der Waals surface area contributed by atoms with Gasteiger partial charge in [0.2, 0.25) is 0 Å². The van der Waals surface area contributed by atoms with Gasteiger partial charge in [0, 0.05) is 0 Å². The highest BCUT2D eigenvalue weighted by atomic mass is 16.3. The van der Waals surface area contributed by atoms with Gasteiger partial charge in [-0.2, -0.15) is 0 Å². The maximum atomic E-state index is 9.91. The maximum Gasteiger partial charge on any atom is 0.119 e. The van der Waals surface area contributed by atoms with Crippen molar-refractivity contribution in [3.8, 4) is 5.75 Å². The Balaban J connectivity index is 2.46. The summed E-state index contributed by atoms with van der Waals surface area (Å²) in [5, 5.41) is 19.7. The Bertz CT molecular complexity index is 364. The fourth-order valence-corrected chi connectivity index (χ4v) is 1.80. The van der Waals surface area contributed by atoms with Crippen molar-refractivity contribution in [2.75, 3.05) is 0 Å². The van der Waals surface area contributed by atoms with Gasteiger partial charge in [0.15, 0.2) is 0 Å². The summed E-state index contributed by atoms with van der Waals surface area (Å²) in [5.41, 5.74) is 1.98. The van der Waals surface area contributed by atoms with Crippen LogP contribution in [0.15, 0.2) is 18.2 Å². The van der Waals surface area contributed by atoms with E-state index in [1.807, 2.05) is 39.8 Å². The van der Waals surface area contributed by atoms with E-state index < -0.39 is 0 Å². The minimum absolute atomic E-state index is 0.0602. The molecule has 1 unspecified atom stereocenters. The molecule has 0 heterocycles. The predicted octanol–water partition coefficient (Wildman–Crippen LogP) is 3.43. The molecular weight excluding hydrogens is 212 g/mol. The van der Waals surface area contributed by atoms with Crippen LogP contribution in [0.2, 0.25) is 0 Å². The highest BCUT2D eigenvalue weighted by Gasteiger charge is 2.21. The molecule has 0 aliphatic heterocycles. The van der Waals surface area contributed by atoms with Gasteiger partial charge in [0.25, 0.3) is 0 Å². The summed E-state index contributed by atoms with van der Waals surface area (Å²) in [5.74, 6) is 0.371. The van der Waals surface area contributed by atoms with Crippen molar-refractivity contribution in [1.82, 2.24) is 0 Å². The van der Waals surface area contributed by atoms with Gasteiger partial charge >= 0.3 is 0 Å². The zero-order valence-electron chi connectivity index (χ0n) is 11.3. The number of aromatic hydroxyl groups is 1. The van der Waals surface area contributed by atoms with E-state index in [2.05, 4.69) is 0 Å². The van der Waals surface area contributed by atoms with Gasteiger partial charge in [-0.3, -0.25) is 0 Å². The quantitative estimate of drug-likeness (QED) is 0.840. The van der Waals surface area contributed by atoms with E-state index in [0.29, 0.717) is 5.75 Å². The fourth-order valence-electron chi connectivity index (χ4n) is 1.80. The molecule has 17 heavy (non-hydrogen) atoms. The number of phenolic OH excluding ortho intramolecular Hbond substituents is 1. The lowest BCUT2D eigenvalue weighted by atomic mass is 9.86. The van der Waals surface area contributed by atoms with Crippen molar-refractivity contribution in [3.63, 3.8) is 0 Å². The third-order valence-corrected chi connectivity index (χ3v) is 3.16. The summed E-state index contributed by atoms with van der Waals surface area (Å²) < 4.78 is 0. The average Bonchev–Trinajstić information content (AvgIpc) is 2.19. The lowest BCUT2D eigenvalue weighted by Gasteiger charge is -2.25. The molecule has 0 aromatic heterocycles. The van der Waals surface area contributed by atoms with E-state index in [4.69, 9.17) is 0 Å². The average molecular weight is 236 g/mol. The second-order valence-corrected chi connectivity index (χ2v) is 5.91. The van der Waals surface area contributed by atoms with Crippen LogP contribution in [0.3, 0.4) is 0 Å². The molecule has 96 valence electrons. The van der Waals surface area contributed by atoms with Crippen LogP contribution in [0.5, 0.6) is 5.75 Å². The summed E-state index contributed by atoms with van der Waals surface area (Å²) in [6, 6.07) is 5.76. The normalized spacial score (nSPS) is 13.7. The minimum atomic E-state index is -0.282. The number of aliphatic hydroxyl groups is 1. The first-order chi connectivity index (χ1) is 7.80. The van der Waals surface area contributed by atoms with Crippen molar-refractivity contribution in [2.24, 2.45) is 5.41 Å². The topological polar surface area (TPSA) is 40.5 Å². The van der Waals surface area contributed by atoms with Gasteiger partial charge in [-0.15, -0.1) is 0 Å².